The molecule has 21 heavy (non-hydrogen) atoms. The second-order valence-electron chi connectivity index (χ2n) is 5.19. The molecule has 0 saturated carbocycles. The van der Waals surface area contributed by atoms with Crippen LogP contribution in [-0.4, -0.2) is 18.1 Å². The van der Waals surface area contributed by atoms with Crippen LogP contribution in [0, 0.1) is 23.4 Å². The van der Waals surface area contributed by atoms with Gasteiger partial charge in [-0.05, 0) is 24.6 Å². The standard InChI is InChI=1S/C15H17F3N2O/c1-9(2)7-19-6-5-13-20-8-12(21-13)10-3-4-11(16)15(18)14(10)17/h3-4,8-9,19H,5-7H2,1-2H3. The fourth-order valence-electron chi connectivity index (χ4n) is 1.85. The van der Waals surface area contributed by atoms with E-state index in [-0.39, 0.29) is 11.3 Å². The molecule has 114 valence electrons. The highest BCUT2D eigenvalue weighted by molar-refractivity contribution is 5.57. The van der Waals surface area contributed by atoms with E-state index in [0.717, 1.165) is 18.7 Å². The Bertz CT molecular complexity index is 611. The van der Waals surface area contributed by atoms with Crippen molar-refractivity contribution in [3.8, 4) is 11.3 Å². The van der Waals surface area contributed by atoms with Crippen molar-refractivity contribution in [2.45, 2.75) is 20.3 Å². The SMILES string of the molecule is CC(C)CNCCc1ncc(-c2ccc(F)c(F)c2F)o1. The summed E-state index contributed by atoms with van der Waals surface area (Å²) < 4.78 is 45.1. The Kier molecular flexibility index (Phi) is 5.01. The van der Waals surface area contributed by atoms with Gasteiger partial charge < -0.3 is 9.73 Å². The van der Waals surface area contributed by atoms with E-state index in [4.69, 9.17) is 4.42 Å². The molecule has 0 radical (unpaired) electrons. The normalized spacial score (nSPS) is 11.3. The Morgan fingerprint density at radius 2 is 1.95 bits per heavy atom. The number of oxazole rings is 1. The summed E-state index contributed by atoms with van der Waals surface area (Å²) in [6, 6.07) is 2.00. The molecule has 3 nitrogen and oxygen atoms in total. The highest BCUT2D eigenvalue weighted by Crippen LogP contribution is 2.26. The maximum absolute atomic E-state index is 13.6. The van der Waals surface area contributed by atoms with Crippen molar-refractivity contribution in [2.75, 3.05) is 13.1 Å². The van der Waals surface area contributed by atoms with Gasteiger partial charge in [0, 0.05) is 13.0 Å². The van der Waals surface area contributed by atoms with Gasteiger partial charge in [-0.2, -0.15) is 0 Å². The molecule has 0 atom stereocenters. The van der Waals surface area contributed by atoms with Gasteiger partial charge in [-0.25, -0.2) is 18.2 Å². The van der Waals surface area contributed by atoms with E-state index in [0.29, 0.717) is 24.8 Å². The van der Waals surface area contributed by atoms with Gasteiger partial charge in [0.05, 0.1) is 11.8 Å². The molecule has 1 aromatic carbocycles. The minimum absolute atomic E-state index is 0.0882. The van der Waals surface area contributed by atoms with Crippen LogP contribution in [0.3, 0.4) is 0 Å². The smallest absolute Gasteiger partial charge is 0.196 e. The topological polar surface area (TPSA) is 38.1 Å². The highest BCUT2D eigenvalue weighted by Gasteiger charge is 2.17. The van der Waals surface area contributed by atoms with E-state index in [1.54, 1.807) is 0 Å². The lowest BCUT2D eigenvalue weighted by atomic mass is 10.1. The number of nitrogens with zero attached hydrogens (tertiary/aromatic N) is 1. The maximum atomic E-state index is 13.6. The van der Waals surface area contributed by atoms with Crippen LogP contribution in [0.4, 0.5) is 13.2 Å². The number of hydrogen-bond acceptors (Lipinski definition) is 3. The van der Waals surface area contributed by atoms with Crippen LogP contribution in [-0.2, 0) is 6.42 Å². The lowest BCUT2D eigenvalue weighted by Gasteiger charge is -2.05. The van der Waals surface area contributed by atoms with Crippen molar-refractivity contribution in [3.05, 3.63) is 41.7 Å². The third-order valence-corrected chi connectivity index (χ3v) is 2.92. The molecule has 0 spiro atoms. The third-order valence-electron chi connectivity index (χ3n) is 2.92. The molecule has 1 aromatic heterocycles. The zero-order valence-corrected chi connectivity index (χ0v) is 11.9. The minimum Gasteiger partial charge on any atom is -0.441 e. The van der Waals surface area contributed by atoms with Gasteiger partial charge in [0.2, 0.25) is 0 Å². The van der Waals surface area contributed by atoms with E-state index >= 15 is 0 Å². The summed E-state index contributed by atoms with van der Waals surface area (Å²) in [6.45, 7) is 5.76. The van der Waals surface area contributed by atoms with Gasteiger partial charge >= 0.3 is 0 Å². The Balaban J connectivity index is 2.05. The van der Waals surface area contributed by atoms with Gasteiger partial charge in [-0.1, -0.05) is 13.8 Å². The van der Waals surface area contributed by atoms with Crippen molar-refractivity contribution >= 4 is 0 Å². The second-order valence-corrected chi connectivity index (χ2v) is 5.19. The molecule has 2 rings (SSSR count). The van der Waals surface area contributed by atoms with Crippen LogP contribution >= 0.6 is 0 Å². The number of hydrogen-bond donors (Lipinski definition) is 1. The summed E-state index contributed by atoms with van der Waals surface area (Å²) in [5.41, 5.74) is -0.136. The minimum atomic E-state index is -1.51. The Labute approximate surface area is 121 Å². The summed E-state index contributed by atoms with van der Waals surface area (Å²) in [7, 11) is 0. The summed E-state index contributed by atoms with van der Waals surface area (Å²) in [5, 5.41) is 3.23. The average molecular weight is 298 g/mol. The molecule has 6 heteroatoms. The lowest BCUT2D eigenvalue weighted by Crippen LogP contribution is -2.22. The van der Waals surface area contributed by atoms with Crippen LogP contribution in [0.2, 0.25) is 0 Å². The molecule has 2 aromatic rings. The molecule has 0 amide bonds. The summed E-state index contributed by atoms with van der Waals surface area (Å²) in [6.07, 6.45) is 1.85. The Morgan fingerprint density at radius 3 is 2.67 bits per heavy atom. The number of benzene rings is 1. The molecule has 0 aliphatic heterocycles. The first-order valence-electron chi connectivity index (χ1n) is 6.78. The number of halogens is 3. The molecule has 0 unspecified atom stereocenters. The van der Waals surface area contributed by atoms with E-state index in [2.05, 4.69) is 24.1 Å². The predicted octanol–water partition coefficient (Wildman–Crippen LogP) is 3.55. The van der Waals surface area contributed by atoms with Crippen molar-refractivity contribution in [2.24, 2.45) is 5.92 Å². The zero-order valence-electron chi connectivity index (χ0n) is 11.9. The quantitative estimate of drug-likeness (QED) is 0.654. The fourth-order valence-corrected chi connectivity index (χ4v) is 1.85. The van der Waals surface area contributed by atoms with Gasteiger partial charge in [-0.3, -0.25) is 0 Å². The summed E-state index contributed by atoms with van der Waals surface area (Å²) in [4.78, 5) is 4.01. The Hall–Kier alpha value is -1.82. The third kappa shape index (κ3) is 3.85. The van der Waals surface area contributed by atoms with Gasteiger partial charge in [0.15, 0.2) is 29.1 Å². The molecule has 0 aliphatic carbocycles. The van der Waals surface area contributed by atoms with Crippen LogP contribution in [0.25, 0.3) is 11.3 Å². The molecule has 0 bridgehead atoms. The van der Waals surface area contributed by atoms with E-state index in [1.807, 2.05) is 0 Å². The summed E-state index contributed by atoms with van der Waals surface area (Å²) in [5.74, 6) is -2.95. The van der Waals surface area contributed by atoms with E-state index in [9.17, 15) is 13.2 Å². The van der Waals surface area contributed by atoms with Gasteiger partial charge in [0.1, 0.15) is 0 Å². The first-order chi connectivity index (χ1) is 9.99. The lowest BCUT2D eigenvalue weighted by molar-refractivity contribution is 0.443. The van der Waals surface area contributed by atoms with E-state index < -0.39 is 17.5 Å². The monoisotopic (exact) mass is 298 g/mol. The largest absolute Gasteiger partial charge is 0.441 e. The maximum Gasteiger partial charge on any atom is 0.196 e. The van der Waals surface area contributed by atoms with Crippen LogP contribution in [0.1, 0.15) is 19.7 Å². The van der Waals surface area contributed by atoms with E-state index in [1.165, 1.54) is 6.20 Å². The zero-order chi connectivity index (χ0) is 15.4. The van der Waals surface area contributed by atoms with Gasteiger partial charge in [0.25, 0.3) is 0 Å². The van der Waals surface area contributed by atoms with Gasteiger partial charge in [-0.15, -0.1) is 0 Å². The average Bonchev–Trinajstić information content (AvgIpc) is 2.89. The molecule has 0 saturated heterocycles. The molecule has 0 fully saturated rings. The molecule has 0 aliphatic rings. The number of nitrogens with one attached hydrogen (secondary N) is 1. The molecular weight excluding hydrogens is 281 g/mol. The summed E-state index contributed by atoms with van der Waals surface area (Å²) >= 11 is 0. The van der Waals surface area contributed by atoms with Crippen molar-refractivity contribution in [1.29, 1.82) is 0 Å². The first-order valence-corrected chi connectivity index (χ1v) is 6.78. The Morgan fingerprint density at radius 1 is 1.19 bits per heavy atom. The van der Waals surface area contributed by atoms with Crippen molar-refractivity contribution in [3.63, 3.8) is 0 Å². The number of rotatable bonds is 6. The first kappa shape index (κ1) is 15.6. The fraction of sp³-hybridized carbons (Fsp3) is 0.400. The van der Waals surface area contributed by atoms with Crippen molar-refractivity contribution in [1.82, 2.24) is 10.3 Å². The molecular formula is C15H17F3N2O. The molecule has 1 N–H and O–H groups in total. The second kappa shape index (κ2) is 6.76. The predicted molar refractivity (Wildman–Crippen MR) is 73.2 cm³/mol. The van der Waals surface area contributed by atoms with Crippen LogP contribution in [0.15, 0.2) is 22.7 Å². The number of aromatic nitrogens is 1. The highest BCUT2D eigenvalue weighted by atomic mass is 19.2. The van der Waals surface area contributed by atoms with Crippen molar-refractivity contribution < 1.29 is 17.6 Å². The van der Waals surface area contributed by atoms with Crippen LogP contribution < -0.4 is 5.32 Å². The molecule has 1 heterocycles. The van der Waals surface area contributed by atoms with Crippen LogP contribution in [0.5, 0.6) is 0 Å².